The molecular weight excluding hydrogens is 474 g/mol. The molecule has 5 nitrogen and oxygen atoms in total. The Kier molecular flexibility index (Phi) is 10.8. The van der Waals surface area contributed by atoms with Crippen LogP contribution in [0.25, 0.3) is 0 Å². The van der Waals surface area contributed by atoms with E-state index in [1.807, 2.05) is 25.1 Å². The van der Waals surface area contributed by atoms with Crippen LogP contribution in [0.2, 0.25) is 0 Å². The Hall–Kier alpha value is -3.29. The molecule has 0 heterocycles. The molecule has 0 aromatic heterocycles. The number of primary amides is 1. The first-order valence-corrected chi connectivity index (χ1v) is 12.3. The van der Waals surface area contributed by atoms with Gasteiger partial charge in [-0.25, -0.2) is 8.78 Å². The van der Waals surface area contributed by atoms with Gasteiger partial charge in [-0.1, -0.05) is 30.3 Å². The monoisotopic (exact) mass is 512 g/mol. The van der Waals surface area contributed by atoms with Gasteiger partial charge in [0.05, 0.1) is 6.10 Å². The highest BCUT2D eigenvalue weighted by Crippen LogP contribution is 2.46. The SMILES string of the molecule is C[C@H](O)CNC1(c2cccc(OC(C)(C)C)c2)CC1.Cc1cc(F)cc(F)c1.NC(=O)c1ccccc1. The van der Waals surface area contributed by atoms with E-state index in [1.54, 1.807) is 31.2 Å². The maximum Gasteiger partial charge on any atom is 0.248 e. The summed E-state index contributed by atoms with van der Waals surface area (Å²) in [5, 5.41) is 12.9. The van der Waals surface area contributed by atoms with Crippen molar-refractivity contribution < 1.29 is 23.4 Å². The topological polar surface area (TPSA) is 84.6 Å². The minimum atomic E-state index is -0.521. The van der Waals surface area contributed by atoms with Crippen LogP contribution in [0, 0.1) is 18.6 Å². The average molecular weight is 513 g/mol. The number of aliphatic hydroxyl groups is 1. The average Bonchev–Trinajstić information content (AvgIpc) is 3.59. The van der Waals surface area contributed by atoms with Crippen LogP contribution in [0.3, 0.4) is 0 Å². The van der Waals surface area contributed by atoms with Crippen molar-refractivity contribution in [1.29, 1.82) is 0 Å². The van der Waals surface area contributed by atoms with Crippen LogP contribution >= 0.6 is 0 Å². The number of hydrogen-bond acceptors (Lipinski definition) is 4. The highest BCUT2D eigenvalue weighted by atomic mass is 19.1. The van der Waals surface area contributed by atoms with Crippen LogP contribution in [0.15, 0.2) is 72.8 Å². The van der Waals surface area contributed by atoms with Crippen LogP contribution in [0.5, 0.6) is 5.75 Å². The zero-order valence-electron chi connectivity index (χ0n) is 22.2. The lowest BCUT2D eigenvalue weighted by Gasteiger charge is -2.24. The van der Waals surface area contributed by atoms with Gasteiger partial charge in [0, 0.05) is 23.7 Å². The van der Waals surface area contributed by atoms with E-state index in [4.69, 9.17) is 10.5 Å². The summed E-state index contributed by atoms with van der Waals surface area (Å²) in [4.78, 5) is 10.4. The molecule has 1 aliphatic carbocycles. The van der Waals surface area contributed by atoms with Crippen LogP contribution in [0.1, 0.15) is 62.0 Å². The Morgan fingerprint density at radius 1 is 1.03 bits per heavy atom. The Balaban J connectivity index is 0.000000222. The Morgan fingerprint density at radius 3 is 2.05 bits per heavy atom. The summed E-state index contributed by atoms with van der Waals surface area (Å²) in [6.07, 6.45) is 1.93. The fraction of sp³-hybridized carbons (Fsp3) is 0.367. The summed E-state index contributed by atoms with van der Waals surface area (Å²) < 4.78 is 30.3. The molecule has 200 valence electrons. The van der Waals surface area contributed by atoms with Gasteiger partial charge in [0.2, 0.25) is 5.91 Å². The van der Waals surface area contributed by atoms with Crippen molar-refractivity contribution in [2.24, 2.45) is 5.73 Å². The number of aliphatic hydroxyl groups excluding tert-OH is 1. The van der Waals surface area contributed by atoms with Crippen molar-refractivity contribution in [2.75, 3.05) is 6.54 Å². The molecule has 37 heavy (non-hydrogen) atoms. The summed E-state index contributed by atoms with van der Waals surface area (Å²) in [6, 6.07) is 20.5. The highest BCUT2D eigenvalue weighted by molar-refractivity contribution is 5.92. The molecule has 0 spiro atoms. The Bertz CT molecular complexity index is 1090. The number of rotatable bonds is 6. The van der Waals surface area contributed by atoms with Crippen LogP contribution < -0.4 is 15.8 Å². The van der Waals surface area contributed by atoms with Gasteiger partial charge in [-0.3, -0.25) is 4.79 Å². The van der Waals surface area contributed by atoms with Gasteiger partial charge in [0.15, 0.2) is 0 Å². The number of halogens is 2. The lowest BCUT2D eigenvalue weighted by Crippen LogP contribution is -2.34. The third-order valence-corrected chi connectivity index (χ3v) is 5.36. The van der Waals surface area contributed by atoms with Gasteiger partial charge >= 0.3 is 0 Å². The predicted octanol–water partition coefficient (Wildman–Crippen LogP) is 5.88. The van der Waals surface area contributed by atoms with Crippen molar-refractivity contribution >= 4 is 5.91 Å². The molecule has 1 aliphatic rings. The van der Waals surface area contributed by atoms with Crippen LogP contribution in [-0.4, -0.2) is 29.3 Å². The summed E-state index contributed by atoms with van der Waals surface area (Å²) in [5.74, 6) is -0.509. The molecular formula is C30H38F2N2O3. The second-order valence-corrected chi connectivity index (χ2v) is 10.2. The van der Waals surface area contributed by atoms with Gasteiger partial charge in [-0.05, 0) is 95.0 Å². The quantitative estimate of drug-likeness (QED) is 0.385. The molecule has 0 bridgehead atoms. The maximum absolute atomic E-state index is 12.2. The molecule has 1 amide bonds. The van der Waals surface area contributed by atoms with E-state index in [-0.39, 0.29) is 23.2 Å². The lowest BCUT2D eigenvalue weighted by atomic mass is 10.0. The summed E-state index contributed by atoms with van der Waals surface area (Å²) in [6.45, 7) is 10.2. The van der Waals surface area contributed by atoms with Crippen molar-refractivity contribution in [2.45, 2.75) is 64.7 Å². The second kappa shape index (κ2) is 13.3. The lowest BCUT2D eigenvalue weighted by molar-refractivity contribution is 0.1000. The van der Waals surface area contributed by atoms with E-state index >= 15 is 0 Å². The molecule has 0 saturated heterocycles. The van der Waals surface area contributed by atoms with Gasteiger partial charge < -0.3 is 20.9 Å². The largest absolute Gasteiger partial charge is 0.488 e. The smallest absolute Gasteiger partial charge is 0.248 e. The zero-order valence-corrected chi connectivity index (χ0v) is 22.2. The summed E-state index contributed by atoms with van der Waals surface area (Å²) in [7, 11) is 0. The second-order valence-electron chi connectivity index (χ2n) is 10.2. The van der Waals surface area contributed by atoms with Crippen LogP contribution in [0.4, 0.5) is 8.78 Å². The Morgan fingerprint density at radius 2 is 1.62 bits per heavy atom. The normalized spacial score (nSPS) is 14.3. The first-order valence-electron chi connectivity index (χ1n) is 12.3. The number of ether oxygens (including phenoxy) is 1. The molecule has 3 aromatic carbocycles. The van der Waals surface area contributed by atoms with Crippen molar-refractivity contribution in [3.05, 3.63) is 101 Å². The molecule has 0 unspecified atom stereocenters. The summed E-state index contributed by atoms with van der Waals surface area (Å²) >= 11 is 0. The van der Waals surface area contributed by atoms with E-state index in [0.29, 0.717) is 17.7 Å². The third kappa shape index (κ3) is 11.1. The minimum absolute atomic E-state index is 0.0498. The predicted molar refractivity (Wildman–Crippen MR) is 143 cm³/mol. The number of nitrogens with two attached hydrogens (primary N) is 1. The first-order chi connectivity index (χ1) is 17.3. The fourth-order valence-electron chi connectivity index (χ4n) is 3.54. The van der Waals surface area contributed by atoms with Crippen molar-refractivity contribution in [3.63, 3.8) is 0 Å². The van der Waals surface area contributed by atoms with E-state index in [9.17, 15) is 18.7 Å². The van der Waals surface area contributed by atoms with Crippen molar-refractivity contribution in [3.8, 4) is 5.75 Å². The molecule has 0 radical (unpaired) electrons. The number of carbonyl (C=O) groups excluding carboxylic acids is 1. The molecule has 4 rings (SSSR count). The zero-order chi connectivity index (χ0) is 27.6. The van der Waals surface area contributed by atoms with E-state index in [0.717, 1.165) is 24.7 Å². The number of carbonyl (C=O) groups is 1. The molecule has 3 aromatic rings. The van der Waals surface area contributed by atoms with Gasteiger partial charge in [0.1, 0.15) is 23.0 Å². The Labute approximate surface area is 218 Å². The molecule has 0 aliphatic heterocycles. The third-order valence-electron chi connectivity index (χ3n) is 5.36. The molecule has 1 fully saturated rings. The van der Waals surface area contributed by atoms with Crippen LogP contribution in [-0.2, 0) is 5.54 Å². The first kappa shape index (κ1) is 29.9. The molecule has 7 heteroatoms. The molecule has 1 atom stereocenters. The van der Waals surface area contributed by atoms with Crippen molar-refractivity contribution in [1.82, 2.24) is 5.32 Å². The minimum Gasteiger partial charge on any atom is -0.488 e. The maximum atomic E-state index is 12.2. The van der Waals surface area contributed by atoms with Gasteiger partial charge in [-0.2, -0.15) is 0 Å². The van der Waals surface area contributed by atoms with Gasteiger partial charge in [0.25, 0.3) is 0 Å². The number of hydrogen-bond donors (Lipinski definition) is 3. The molecule has 4 N–H and O–H groups in total. The van der Waals surface area contributed by atoms with E-state index in [2.05, 4.69) is 38.2 Å². The summed E-state index contributed by atoms with van der Waals surface area (Å²) in [5.41, 5.74) is 7.26. The van der Waals surface area contributed by atoms with E-state index in [1.165, 1.54) is 17.7 Å². The van der Waals surface area contributed by atoms with Gasteiger partial charge in [-0.15, -0.1) is 0 Å². The standard InChI is InChI=1S/C16H25NO2.C7H6F2.C7H7NO/c1-12(18)11-17-16(8-9-16)13-6-5-7-14(10-13)19-15(2,3)4;1-5-2-6(8)4-7(9)3-5;8-7(9)6-4-2-1-3-5-6/h5-7,10,12,17-18H,8-9,11H2,1-4H3;2-4H,1H3;1-5H,(H2,8,9)/t12-;;/m0../s1. The number of amides is 1. The van der Waals surface area contributed by atoms with E-state index < -0.39 is 11.6 Å². The molecule has 1 saturated carbocycles. The highest BCUT2D eigenvalue weighted by Gasteiger charge is 2.44. The fourth-order valence-corrected chi connectivity index (χ4v) is 3.54. The number of nitrogens with one attached hydrogen (secondary N) is 1. The number of aryl methyl sites for hydroxylation is 1. The number of benzene rings is 3.